The van der Waals surface area contributed by atoms with Gasteiger partial charge in [-0.25, -0.2) is 0 Å². The molecule has 0 aliphatic heterocycles. The second kappa shape index (κ2) is 8.53. The molecule has 0 fully saturated rings. The predicted octanol–water partition coefficient (Wildman–Crippen LogP) is 1.25. The van der Waals surface area contributed by atoms with E-state index in [-0.39, 0.29) is 18.4 Å². The van der Waals surface area contributed by atoms with Crippen LogP contribution in [-0.2, 0) is 14.3 Å². The number of unbranched alkanes of at least 4 members (excludes halogenated alkanes) is 2. The molecule has 4 heteroatoms. The summed E-state index contributed by atoms with van der Waals surface area (Å²) in [6, 6.07) is 0. The highest BCUT2D eigenvalue weighted by molar-refractivity contribution is 5.81. The van der Waals surface area contributed by atoms with E-state index >= 15 is 0 Å². The SMILES string of the molecule is CCCCCC(=O)NCC(=O)OCC. The monoisotopic (exact) mass is 201 g/mol. The third-order valence-corrected chi connectivity index (χ3v) is 1.74. The van der Waals surface area contributed by atoms with Crippen LogP contribution in [0.2, 0.25) is 0 Å². The van der Waals surface area contributed by atoms with E-state index in [1.54, 1.807) is 6.92 Å². The Kier molecular flexibility index (Phi) is 7.89. The van der Waals surface area contributed by atoms with Crippen molar-refractivity contribution in [3.63, 3.8) is 0 Å². The second-order valence-electron chi connectivity index (χ2n) is 3.04. The van der Waals surface area contributed by atoms with Gasteiger partial charge in [0, 0.05) is 6.42 Å². The van der Waals surface area contributed by atoms with E-state index in [1.807, 2.05) is 0 Å². The number of carbonyl (C=O) groups is 2. The zero-order valence-corrected chi connectivity index (χ0v) is 8.97. The minimum absolute atomic E-state index is 0.0151. The van der Waals surface area contributed by atoms with Gasteiger partial charge in [-0.05, 0) is 13.3 Å². The summed E-state index contributed by atoms with van der Waals surface area (Å²) in [4.78, 5) is 21.9. The summed E-state index contributed by atoms with van der Waals surface area (Å²) in [5.41, 5.74) is 0. The van der Waals surface area contributed by atoms with E-state index in [2.05, 4.69) is 17.0 Å². The Labute approximate surface area is 85.0 Å². The summed E-state index contributed by atoms with van der Waals surface area (Å²) >= 11 is 0. The van der Waals surface area contributed by atoms with Gasteiger partial charge >= 0.3 is 5.97 Å². The lowest BCUT2D eigenvalue weighted by molar-refractivity contribution is -0.143. The Balaban J connectivity index is 3.39. The Bertz CT molecular complexity index is 180. The number of carbonyl (C=O) groups excluding carboxylic acids is 2. The average molecular weight is 201 g/mol. The molecule has 82 valence electrons. The maximum Gasteiger partial charge on any atom is 0.325 e. The average Bonchev–Trinajstić information content (AvgIpc) is 2.16. The summed E-state index contributed by atoms with van der Waals surface area (Å²) in [5, 5.41) is 2.51. The molecule has 14 heavy (non-hydrogen) atoms. The Morgan fingerprint density at radius 2 is 1.93 bits per heavy atom. The molecule has 0 heterocycles. The first-order chi connectivity index (χ1) is 6.70. The van der Waals surface area contributed by atoms with Gasteiger partial charge in [0.1, 0.15) is 6.54 Å². The molecule has 0 saturated heterocycles. The van der Waals surface area contributed by atoms with E-state index in [1.165, 1.54) is 0 Å². The van der Waals surface area contributed by atoms with Crippen LogP contribution < -0.4 is 5.32 Å². The predicted molar refractivity (Wildman–Crippen MR) is 53.8 cm³/mol. The molecule has 4 nitrogen and oxygen atoms in total. The first-order valence-electron chi connectivity index (χ1n) is 5.13. The normalized spacial score (nSPS) is 9.57. The maximum absolute atomic E-state index is 11.1. The Morgan fingerprint density at radius 3 is 2.50 bits per heavy atom. The molecule has 0 rings (SSSR count). The van der Waals surface area contributed by atoms with Crippen LogP contribution in [0, 0.1) is 0 Å². The first kappa shape index (κ1) is 12.9. The smallest absolute Gasteiger partial charge is 0.325 e. The summed E-state index contributed by atoms with van der Waals surface area (Å²) in [6.07, 6.45) is 3.51. The van der Waals surface area contributed by atoms with Gasteiger partial charge in [0.05, 0.1) is 6.61 Å². The standard InChI is InChI=1S/C10H19NO3/c1-3-5-6-7-9(12)11-8-10(13)14-4-2/h3-8H2,1-2H3,(H,11,12). The molecule has 0 radical (unpaired) electrons. The van der Waals surface area contributed by atoms with Crippen LogP contribution in [0.1, 0.15) is 39.5 Å². The van der Waals surface area contributed by atoms with Crippen LogP contribution in [-0.4, -0.2) is 25.0 Å². The minimum atomic E-state index is -0.378. The van der Waals surface area contributed by atoms with Crippen molar-refractivity contribution in [2.24, 2.45) is 0 Å². The molecule has 0 aromatic heterocycles. The molecule has 0 aliphatic rings. The summed E-state index contributed by atoms with van der Waals surface area (Å²) < 4.78 is 4.66. The van der Waals surface area contributed by atoms with E-state index in [0.29, 0.717) is 13.0 Å². The van der Waals surface area contributed by atoms with Gasteiger partial charge in [-0.1, -0.05) is 19.8 Å². The molecule has 0 spiro atoms. The molecular weight excluding hydrogens is 182 g/mol. The van der Waals surface area contributed by atoms with E-state index in [9.17, 15) is 9.59 Å². The molecule has 0 aliphatic carbocycles. The van der Waals surface area contributed by atoms with Crippen LogP contribution in [0.25, 0.3) is 0 Å². The fourth-order valence-corrected chi connectivity index (χ4v) is 1.01. The number of ether oxygens (including phenoxy) is 1. The van der Waals surface area contributed by atoms with E-state index in [0.717, 1.165) is 19.3 Å². The molecule has 0 aromatic carbocycles. The van der Waals surface area contributed by atoms with Crippen LogP contribution in [0.4, 0.5) is 0 Å². The van der Waals surface area contributed by atoms with Crippen molar-refractivity contribution in [1.82, 2.24) is 5.32 Å². The Hall–Kier alpha value is -1.06. The first-order valence-corrected chi connectivity index (χ1v) is 5.13. The molecule has 0 bridgehead atoms. The lowest BCUT2D eigenvalue weighted by atomic mass is 10.2. The van der Waals surface area contributed by atoms with Gasteiger partial charge in [0.2, 0.25) is 5.91 Å². The molecule has 1 amide bonds. The minimum Gasteiger partial charge on any atom is -0.465 e. The van der Waals surface area contributed by atoms with Crippen molar-refractivity contribution in [3.8, 4) is 0 Å². The molecule has 0 saturated carbocycles. The van der Waals surface area contributed by atoms with Crippen molar-refractivity contribution in [2.45, 2.75) is 39.5 Å². The molecule has 0 atom stereocenters. The molecular formula is C10H19NO3. The maximum atomic E-state index is 11.1. The second-order valence-corrected chi connectivity index (χ2v) is 3.04. The van der Waals surface area contributed by atoms with Gasteiger partial charge in [-0.2, -0.15) is 0 Å². The number of hydrogen-bond donors (Lipinski definition) is 1. The summed E-state index contributed by atoms with van der Waals surface area (Å²) in [6.45, 7) is 4.15. The van der Waals surface area contributed by atoms with Crippen molar-refractivity contribution < 1.29 is 14.3 Å². The Morgan fingerprint density at radius 1 is 1.21 bits per heavy atom. The van der Waals surface area contributed by atoms with Crippen LogP contribution in [0.15, 0.2) is 0 Å². The number of nitrogens with one attached hydrogen (secondary N) is 1. The summed E-state index contributed by atoms with van der Waals surface area (Å²) in [5.74, 6) is -0.456. The fraction of sp³-hybridized carbons (Fsp3) is 0.800. The topological polar surface area (TPSA) is 55.4 Å². The fourth-order valence-electron chi connectivity index (χ4n) is 1.01. The zero-order chi connectivity index (χ0) is 10.8. The summed E-state index contributed by atoms with van der Waals surface area (Å²) in [7, 11) is 0. The lowest BCUT2D eigenvalue weighted by Gasteiger charge is -2.04. The number of esters is 1. The van der Waals surface area contributed by atoms with Crippen molar-refractivity contribution in [1.29, 1.82) is 0 Å². The number of hydrogen-bond acceptors (Lipinski definition) is 3. The highest BCUT2D eigenvalue weighted by Crippen LogP contribution is 1.97. The molecule has 1 N–H and O–H groups in total. The van der Waals surface area contributed by atoms with Crippen LogP contribution in [0.5, 0.6) is 0 Å². The van der Waals surface area contributed by atoms with Gasteiger partial charge in [0.15, 0.2) is 0 Å². The van der Waals surface area contributed by atoms with Crippen molar-refractivity contribution >= 4 is 11.9 Å². The third-order valence-electron chi connectivity index (χ3n) is 1.74. The molecule has 0 aromatic rings. The van der Waals surface area contributed by atoms with E-state index in [4.69, 9.17) is 0 Å². The van der Waals surface area contributed by atoms with Gasteiger partial charge in [-0.3, -0.25) is 9.59 Å². The number of rotatable bonds is 7. The largest absolute Gasteiger partial charge is 0.465 e. The van der Waals surface area contributed by atoms with E-state index < -0.39 is 0 Å². The third kappa shape index (κ3) is 7.58. The molecule has 0 unspecified atom stereocenters. The van der Waals surface area contributed by atoms with Gasteiger partial charge in [-0.15, -0.1) is 0 Å². The zero-order valence-electron chi connectivity index (χ0n) is 8.97. The van der Waals surface area contributed by atoms with Gasteiger partial charge < -0.3 is 10.1 Å². The van der Waals surface area contributed by atoms with Gasteiger partial charge in [0.25, 0.3) is 0 Å². The van der Waals surface area contributed by atoms with Crippen molar-refractivity contribution in [3.05, 3.63) is 0 Å². The lowest BCUT2D eigenvalue weighted by Crippen LogP contribution is -2.30. The number of amides is 1. The van der Waals surface area contributed by atoms with Crippen molar-refractivity contribution in [2.75, 3.05) is 13.2 Å². The van der Waals surface area contributed by atoms with Crippen LogP contribution >= 0.6 is 0 Å². The van der Waals surface area contributed by atoms with Crippen LogP contribution in [0.3, 0.4) is 0 Å². The highest BCUT2D eigenvalue weighted by Gasteiger charge is 2.04. The highest BCUT2D eigenvalue weighted by atomic mass is 16.5. The quantitative estimate of drug-likeness (QED) is 0.498.